The van der Waals surface area contributed by atoms with Gasteiger partial charge in [-0.25, -0.2) is 0 Å². The van der Waals surface area contributed by atoms with Crippen molar-refractivity contribution in [3.63, 3.8) is 0 Å². The Morgan fingerprint density at radius 3 is 2.59 bits per heavy atom. The van der Waals surface area contributed by atoms with Crippen LogP contribution in [0.3, 0.4) is 0 Å². The molecule has 4 amide bonds. The Labute approximate surface area is 238 Å². The quantitative estimate of drug-likeness (QED) is 0.355. The molecule has 1 saturated heterocycles. The Morgan fingerprint density at radius 1 is 1.12 bits per heavy atom. The van der Waals surface area contributed by atoms with E-state index >= 15 is 0 Å². The number of benzene rings is 2. The van der Waals surface area contributed by atoms with E-state index in [1.54, 1.807) is 60.5 Å². The smallest absolute Gasteiger partial charge is 0.255 e. The maximum absolute atomic E-state index is 13.3. The molecule has 12 nitrogen and oxygen atoms in total. The molecule has 0 saturated carbocycles. The van der Waals surface area contributed by atoms with Crippen LogP contribution in [0.4, 0.5) is 0 Å². The van der Waals surface area contributed by atoms with Crippen molar-refractivity contribution < 1.29 is 38.5 Å². The van der Waals surface area contributed by atoms with Crippen molar-refractivity contribution in [3.8, 4) is 17.2 Å². The largest absolute Gasteiger partial charge is 0.497 e. The van der Waals surface area contributed by atoms with Crippen molar-refractivity contribution in [2.75, 3.05) is 33.4 Å². The molecule has 2 aromatic rings. The summed E-state index contributed by atoms with van der Waals surface area (Å²) in [5.74, 6) is -0.744. The number of hydrogen-bond donors (Lipinski definition) is 4. The fourth-order valence-electron chi connectivity index (χ4n) is 4.83. The molecule has 4 rings (SSSR count). The van der Waals surface area contributed by atoms with Crippen LogP contribution in [0.2, 0.25) is 0 Å². The van der Waals surface area contributed by atoms with Gasteiger partial charge in [0.05, 0.1) is 37.8 Å². The summed E-state index contributed by atoms with van der Waals surface area (Å²) in [4.78, 5) is 54.4. The highest BCUT2D eigenvalue weighted by Crippen LogP contribution is 2.24. The Bertz CT molecular complexity index is 1240. The number of fused-ring (bicyclic) bond motifs is 2. The first-order chi connectivity index (χ1) is 19.8. The van der Waals surface area contributed by atoms with E-state index < -0.39 is 48.2 Å². The zero-order valence-corrected chi connectivity index (χ0v) is 23.1. The average Bonchev–Trinajstić information content (AvgIpc) is 3.45. The van der Waals surface area contributed by atoms with Crippen molar-refractivity contribution in [2.24, 2.45) is 0 Å². The number of aliphatic hydroxyl groups excluding tert-OH is 1. The van der Waals surface area contributed by atoms with Crippen molar-refractivity contribution >= 4 is 23.6 Å². The van der Waals surface area contributed by atoms with Crippen LogP contribution < -0.4 is 30.2 Å². The number of carbonyl (C=O) groups excluding carboxylic acids is 4. The molecule has 0 unspecified atom stereocenters. The van der Waals surface area contributed by atoms with Gasteiger partial charge in [0.2, 0.25) is 17.7 Å². The standard InChI is InChI=1S/C29H36N4O8/c1-18(34)26-29(38)33-14-5-6-19(33)17-41-24-8-4-3-7-22(24)27(36)31-23(16-25(35)32-26)28(37)30-13-15-40-21-11-9-20(39-2)10-12-21/h3-4,7-12,18-19,23,26,34H,5-6,13-17H2,1-2H3,(H,30,37)(H,31,36)(H,32,35)/t18-,19-,23+,26+/m1/s1. The van der Waals surface area contributed by atoms with Gasteiger partial charge < -0.3 is 40.2 Å². The fraction of sp³-hybridized carbons (Fsp3) is 0.448. The number of amides is 4. The predicted molar refractivity (Wildman–Crippen MR) is 148 cm³/mol. The van der Waals surface area contributed by atoms with E-state index in [-0.39, 0.29) is 31.4 Å². The Kier molecular flexibility index (Phi) is 10.0. The van der Waals surface area contributed by atoms with Crippen LogP contribution in [0.5, 0.6) is 17.2 Å². The lowest BCUT2D eigenvalue weighted by Gasteiger charge is -2.31. The summed E-state index contributed by atoms with van der Waals surface area (Å²) >= 11 is 0. The van der Waals surface area contributed by atoms with Crippen LogP contribution in [0.25, 0.3) is 0 Å². The minimum Gasteiger partial charge on any atom is -0.497 e. The van der Waals surface area contributed by atoms with E-state index in [1.807, 2.05) is 0 Å². The second kappa shape index (κ2) is 13.8. The number of nitrogens with one attached hydrogen (secondary N) is 3. The maximum Gasteiger partial charge on any atom is 0.255 e. The van der Waals surface area contributed by atoms with Gasteiger partial charge in [0.25, 0.3) is 5.91 Å². The van der Waals surface area contributed by atoms with Gasteiger partial charge in [0.1, 0.15) is 42.5 Å². The van der Waals surface area contributed by atoms with Gasteiger partial charge in [-0.3, -0.25) is 19.2 Å². The number of methoxy groups -OCH3 is 1. The summed E-state index contributed by atoms with van der Waals surface area (Å²) in [7, 11) is 1.56. The molecule has 2 aliphatic rings. The number of nitrogens with zero attached hydrogens (tertiary/aromatic N) is 1. The van der Waals surface area contributed by atoms with Gasteiger partial charge in [0.15, 0.2) is 0 Å². The molecule has 12 heteroatoms. The van der Waals surface area contributed by atoms with E-state index in [0.717, 1.165) is 6.42 Å². The number of hydrogen-bond acceptors (Lipinski definition) is 8. The molecule has 220 valence electrons. The van der Waals surface area contributed by atoms with Crippen molar-refractivity contribution in [2.45, 2.75) is 50.4 Å². The lowest BCUT2D eigenvalue weighted by molar-refractivity contribution is -0.140. The van der Waals surface area contributed by atoms with Crippen LogP contribution >= 0.6 is 0 Å². The highest BCUT2D eigenvalue weighted by molar-refractivity contribution is 6.01. The lowest BCUT2D eigenvalue weighted by atomic mass is 10.1. The third kappa shape index (κ3) is 7.66. The molecule has 0 aliphatic carbocycles. The van der Waals surface area contributed by atoms with Gasteiger partial charge in [-0.15, -0.1) is 0 Å². The first-order valence-electron chi connectivity index (χ1n) is 13.6. The van der Waals surface area contributed by atoms with E-state index in [1.165, 1.54) is 6.92 Å². The van der Waals surface area contributed by atoms with E-state index in [0.29, 0.717) is 30.2 Å². The first-order valence-corrected chi connectivity index (χ1v) is 13.6. The predicted octanol–water partition coefficient (Wildman–Crippen LogP) is 0.628. The minimum atomic E-state index is -1.27. The molecular weight excluding hydrogens is 532 g/mol. The highest BCUT2D eigenvalue weighted by atomic mass is 16.5. The monoisotopic (exact) mass is 568 g/mol. The maximum atomic E-state index is 13.3. The third-order valence-electron chi connectivity index (χ3n) is 7.03. The van der Waals surface area contributed by atoms with Crippen molar-refractivity contribution in [3.05, 3.63) is 54.1 Å². The van der Waals surface area contributed by atoms with Crippen molar-refractivity contribution in [1.29, 1.82) is 0 Å². The van der Waals surface area contributed by atoms with Crippen LogP contribution in [0.15, 0.2) is 48.5 Å². The zero-order chi connectivity index (χ0) is 29.4. The van der Waals surface area contributed by atoms with Gasteiger partial charge >= 0.3 is 0 Å². The number of ether oxygens (including phenoxy) is 3. The Morgan fingerprint density at radius 2 is 1.85 bits per heavy atom. The average molecular weight is 569 g/mol. The van der Waals surface area contributed by atoms with Crippen LogP contribution in [0, 0.1) is 0 Å². The molecule has 4 atom stereocenters. The summed E-state index contributed by atoms with van der Waals surface area (Å²) in [5, 5.41) is 18.2. The highest BCUT2D eigenvalue weighted by Gasteiger charge is 2.37. The van der Waals surface area contributed by atoms with Crippen LogP contribution in [-0.4, -0.2) is 91.3 Å². The fourth-order valence-corrected chi connectivity index (χ4v) is 4.83. The van der Waals surface area contributed by atoms with E-state index in [2.05, 4.69) is 16.0 Å². The van der Waals surface area contributed by atoms with Gasteiger partial charge in [0, 0.05) is 6.54 Å². The summed E-state index contributed by atoms with van der Waals surface area (Å²) < 4.78 is 16.7. The van der Waals surface area contributed by atoms with Crippen molar-refractivity contribution in [1.82, 2.24) is 20.9 Å². The lowest BCUT2D eigenvalue weighted by Crippen LogP contribution is -2.57. The summed E-state index contributed by atoms with van der Waals surface area (Å²) in [5.41, 5.74) is 0.198. The molecule has 0 spiro atoms. The summed E-state index contributed by atoms with van der Waals surface area (Å²) in [6, 6.07) is 10.8. The molecule has 1 fully saturated rings. The zero-order valence-electron chi connectivity index (χ0n) is 23.1. The number of para-hydroxylation sites is 1. The Hall–Kier alpha value is -4.32. The molecule has 0 bridgehead atoms. The number of rotatable bonds is 7. The second-order valence-electron chi connectivity index (χ2n) is 9.97. The molecule has 2 aliphatic heterocycles. The molecule has 4 N–H and O–H groups in total. The molecular formula is C29H36N4O8. The normalized spacial score (nSPS) is 22.2. The number of carbonyl (C=O) groups is 4. The van der Waals surface area contributed by atoms with E-state index in [9.17, 15) is 24.3 Å². The molecule has 2 heterocycles. The first kappa shape index (κ1) is 29.7. The van der Waals surface area contributed by atoms with Crippen LogP contribution in [-0.2, 0) is 14.4 Å². The minimum absolute atomic E-state index is 0.101. The molecule has 2 aromatic carbocycles. The summed E-state index contributed by atoms with van der Waals surface area (Å²) in [6.45, 7) is 2.24. The van der Waals surface area contributed by atoms with E-state index in [4.69, 9.17) is 14.2 Å². The van der Waals surface area contributed by atoms with Gasteiger partial charge in [-0.2, -0.15) is 0 Å². The number of aliphatic hydroxyl groups is 1. The third-order valence-corrected chi connectivity index (χ3v) is 7.03. The Balaban J connectivity index is 1.50. The second-order valence-corrected chi connectivity index (χ2v) is 9.97. The van der Waals surface area contributed by atoms with Crippen LogP contribution in [0.1, 0.15) is 36.5 Å². The molecule has 0 aromatic heterocycles. The molecule has 41 heavy (non-hydrogen) atoms. The van der Waals surface area contributed by atoms with Gasteiger partial charge in [-0.1, -0.05) is 12.1 Å². The topological polar surface area (TPSA) is 156 Å². The SMILES string of the molecule is COc1ccc(OCCNC(=O)[C@@H]2CC(=O)N[C@@H]([C@@H](C)O)C(=O)N3CCC[C@@H]3COc3ccccc3C(=O)N2)cc1. The summed E-state index contributed by atoms with van der Waals surface area (Å²) in [6.07, 6.45) is -0.211. The van der Waals surface area contributed by atoms with Gasteiger partial charge in [-0.05, 0) is 56.2 Å². The molecule has 0 radical (unpaired) electrons.